The molecule has 34 heavy (non-hydrogen) atoms. The van der Waals surface area contributed by atoms with Gasteiger partial charge in [-0.15, -0.1) is 0 Å². The monoisotopic (exact) mass is 551 g/mol. The molecule has 0 unspecified atom stereocenters. The lowest BCUT2D eigenvalue weighted by Crippen LogP contribution is -2.51. The van der Waals surface area contributed by atoms with Crippen LogP contribution in [0.4, 0.5) is 5.69 Å². The third-order valence-corrected chi connectivity index (χ3v) is 7.03. The van der Waals surface area contributed by atoms with E-state index in [1.807, 2.05) is 57.2 Å². The van der Waals surface area contributed by atoms with Crippen LogP contribution >= 0.6 is 15.9 Å². The highest BCUT2D eigenvalue weighted by Crippen LogP contribution is 2.24. The van der Waals surface area contributed by atoms with Gasteiger partial charge in [-0.3, -0.25) is 13.9 Å². The highest BCUT2D eigenvalue weighted by Gasteiger charge is 2.30. The predicted octanol–water partition coefficient (Wildman–Crippen LogP) is 3.97. The first kappa shape index (κ1) is 27.9. The van der Waals surface area contributed by atoms with Gasteiger partial charge in [0.25, 0.3) is 0 Å². The van der Waals surface area contributed by atoms with Crippen LogP contribution in [0.5, 0.6) is 0 Å². The van der Waals surface area contributed by atoms with Crippen molar-refractivity contribution in [3.05, 3.63) is 64.1 Å². The van der Waals surface area contributed by atoms with E-state index in [0.29, 0.717) is 18.7 Å². The number of aryl methyl sites for hydroxylation is 1. The first-order valence-electron chi connectivity index (χ1n) is 11.3. The topological polar surface area (TPSA) is 86.8 Å². The molecular formula is C25H34BrN3O4S. The maximum absolute atomic E-state index is 13.6. The average Bonchev–Trinajstić information content (AvgIpc) is 2.78. The number of anilines is 1. The van der Waals surface area contributed by atoms with Crippen LogP contribution in [0.1, 0.15) is 38.8 Å². The number of sulfonamides is 1. The molecule has 0 aromatic heterocycles. The van der Waals surface area contributed by atoms with Gasteiger partial charge in [-0.2, -0.15) is 0 Å². The molecule has 0 aliphatic carbocycles. The summed E-state index contributed by atoms with van der Waals surface area (Å²) in [6.07, 6.45) is 1.70. The molecule has 2 aromatic carbocycles. The van der Waals surface area contributed by atoms with Crippen molar-refractivity contribution < 1.29 is 18.0 Å². The zero-order chi connectivity index (χ0) is 25.5. The fraction of sp³-hybridized carbons (Fsp3) is 0.440. The number of hydrogen-bond donors (Lipinski definition) is 1. The standard InChI is InChI=1S/C25H34BrN3O4S/c1-6-21-11-7-8-13-23(21)29(34(5,32)33)17-24(30)28(16-20-10-9-12-22(26)14-20)19(4)25(31)27-15-18(2)3/h7-14,18-19H,6,15-17H2,1-5H3,(H,27,31)/t19-/m1/s1. The summed E-state index contributed by atoms with van der Waals surface area (Å²) < 4.78 is 27.4. The quantitative estimate of drug-likeness (QED) is 0.457. The Kier molecular flexibility index (Phi) is 10.1. The summed E-state index contributed by atoms with van der Waals surface area (Å²) in [7, 11) is -3.75. The number of amides is 2. The summed E-state index contributed by atoms with van der Waals surface area (Å²) in [6, 6.07) is 13.8. The first-order valence-corrected chi connectivity index (χ1v) is 13.9. The van der Waals surface area contributed by atoms with Crippen molar-refractivity contribution in [3.63, 3.8) is 0 Å². The summed E-state index contributed by atoms with van der Waals surface area (Å²) in [5.74, 6) is -0.475. The summed E-state index contributed by atoms with van der Waals surface area (Å²) >= 11 is 3.44. The lowest BCUT2D eigenvalue weighted by molar-refractivity contribution is -0.139. The van der Waals surface area contributed by atoms with Crippen LogP contribution in [0.15, 0.2) is 53.0 Å². The van der Waals surface area contributed by atoms with Crippen LogP contribution in [0.2, 0.25) is 0 Å². The second kappa shape index (κ2) is 12.4. The van der Waals surface area contributed by atoms with E-state index in [0.717, 1.165) is 26.2 Å². The molecule has 0 aliphatic heterocycles. The Hall–Kier alpha value is -2.39. The molecule has 0 fully saturated rings. The number of benzene rings is 2. The minimum absolute atomic E-state index is 0.168. The van der Waals surface area contributed by atoms with Gasteiger partial charge < -0.3 is 10.2 Å². The van der Waals surface area contributed by atoms with Crippen LogP contribution in [0.25, 0.3) is 0 Å². The SMILES string of the molecule is CCc1ccccc1N(CC(=O)N(Cc1cccc(Br)c1)[C@H](C)C(=O)NCC(C)C)S(C)(=O)=O. The zero-order valence-electron chi connectivity index (χ0n) is 20.4. The zero-order valence-corrected chi connectivity index (χ0v) is 22.8. The van der Waals surface area contributed by atoms with Crippen LogP contribution in [-0.4, -0.2) is 50.5 Å². The van der Waals surface area contributed by atoms with Crippen molar-refractivity contribution in [1.29, 1.82) is 0 Å². The molecule has 186 valence electrons. The van der Waals surface area contributed by atoms with Gasteiger partial charge in [0.15, 0.2) is 0 Å². The fourth-order valence-corrected chi connectivity index (χ4v) is 4.84. The van der Waals surface area contributed by atoms with Gasteiger partial charge in [-0.05, 0) is 48.6 Å². The van der Waals surface area contributed by atoms with E-state index in [1.165, 1.54) is 4.90 Å². The second-order valence-corrected chi connectivity index (χ2v) is 11.5. The number of nitrogens with one attached hydrogen (secondary N) is 1. The number of para-hydroxylation sites is 1. The molecule has 0 radical (unpaired) electrons. The van der Waals surface area contributed by atoms with E-state index < -0.39 is 28.5 Å². The second-order valence-electron chi connectivity index (χ2n) is 8.72. The first-order chi connectivity index (χ1) is 15.9. The van der Waals surface area contributed by atoms with E-state index in [9.17, 15) is 18.0 Å². The molecule has 0 spiro atoms. The summed E-state index contributed by atoms with van der Waals surface area (Å²) in [6.45, 7) is 7.84. The minimum Gasteiger partial charge on any atom is -0.354 e. The van der Waals surface area contributed by atoms with E-state index in [1.54, 1.807) is 19.1 Å². The fourth-order valence-electron chi connectivity index (χ4n) is 3.51. The molecule has 2 amide bonds. The molecular weight excluding hydrogens is 518 g/mol. The summed E-state index contributed by atoms with van der Waals surface area (Å²) in [5.41, 5.74) is 2.12. The number of nitrogens with zero attached hydrogens (tertiary/aromatic N) is 2. The van der Waals surface area contributed by atoms with E-state index in [4.69, 9.17) is 0 Å². The molecule has 0 bridgehead atoms. The van der Waals surface area contributed by atoms with Crippen molar-refractivity contribution in [3.8, 4) is 0 Å². The molecule has 2 rings (SSSR count). The lowest BCUT2D eigenvalue weighted by Gasteiger charge is -2.32. The molecule has 0 heterocycles. The average molecular weight is 553 g/mol. The van der Waals surface area contributed by atoms with Gasteiger partial charge >= 0.3 is 0 Å². The Morgan fingerprint density at radius 2 is 1.74 bits per heavy atom. The largest absolute Gasteiger partial charge is 0.354 e. The third kappa shape index (κ3) is 7.84. The molecule has 0 aliphatic rings. The predicted molar refractivity (Wildman–Crippen MR) is 140 cm³/mol. The molecule has 0 saturated carbocycles. The normalized spacial score (nSPS) is 12.3. The molecule has 0 saturated heterocycles. The van der Waals surface area contributed by atoms with Crippen molar-refractivity contribution in [2.45, 2.75) is 46.7 Å². The van der Waals surface area contributed by atoms with Crippen LogP contribution in [0, 0.1) is 5.92 Å². The Balaban J connectivity index is 2.40. The summed E-state index contributed by atoms with van der Waals surface area (Å²) in [5, 5.41) is 2.87. The number of halogens is 1. The van der Waals surface area contributed by atoms with Crippen LogP contribution in [0.3, 0.4) is 0 Å². The Morgan fingerprint density at radius 1 is 1.06 bits per heavy atom. The maximum Gasteiger partial charge on any atom is 0.244 e. The van der Waals surface area contributed by atoms with Crippen molar-refractivity contribution in [2.24, 2.45) is 5.92 Å². The molecule has 7 nitrogen and oxygen atoms in total. The van der Waals surface area contributed by atoms with Gasteiger partial charge in [-0.25, -0.2) is 8.42 Å². The van der Waals surface area contributed by atoms with Gasteiger partial charge in [0.2, 0.25) is 21.8 Å². The third-order valence-electron chi connectivity index (χ3n) is 5.41. The molecule has 9 heteroatoms. The highest BCUT2D eigenvalue weighted by atomic mass is 79.9. The molecule has 1 atom stereocenters. The Labute approximate surface area is 211 Å². The smallest absolute Gasteiger partial charge is 0.244 e. The van der Waals surface area contributed by atoms with E-state index in [-0.39, 0.29) is 18.4 Å². The number of hydrogen-bond acceptors (Lipinski definition) is 4. The van der Waals surface area contributed by atoms with Gasteiger partial charge in [0.1, 0.15) is 12.6 Å². The Morgan fingerprint density at radius 3 is 2.32 bits per heavy atom. The lowest BCUT2D eigenvalue weighted by atomic mass is 10.1. The van der Waals surface area contributed by atoms with Crippen LogP contribution < -0.4 is 9.62 Å². The number of rotatable bonds is 11. The Bertz CT molecular complexity index is 1100. The molecule has 1 N–H and O–H groups in total. The maximum atomic E-state index is 13.6. The van der Waals surface area contributed by atoms with Crippen molar-refractivity contribution >= 4 is 43.5 Å². The van der Waals surface area contributed by atoms with E-state index >= 15 is 0 Å². The molecule has 2 aromatic rings. The van der Waals surface area contributed by atoms with Gasteiger partial charge in [0.05, 0.1) is 11.9 Å². The number of carbonyl (C=O) groups is 2. The van der Waals surface area contributed by atoms with Gasteiger partial charge in [0, 0.05) is 17.6 Å². The highest BCUT2D eigenvalue weighted by molar-refractivity contribution is 9.10. The van der Waals surface area contributed by atoms with Gasteiger partial charge in [-0.1, -0.05) is 67.0 Å². The van der Waals surface area contributed by atoms with Crippen molar-refractivity contribution in [1.82, 2.24) is 10.2 Å². The number of carbonyl (C=O) groups excluding carboxylic acids is 2. The van der Waals surface area contributed by atoms with Crippen LogP contribution in [-0.2, 0) is 32.6 Å². The summed E-state index contributed by atoms with van der Waals surface area (Å²) in [4.78, 5) is 27.9. The van der Waals surface area contributed by atoms with E-state index in [2.05, 4.69) is 21.2 Å². The minimum atomic E-state index is -3.75. The van der Waals surface area contributed by atoms with Crippen molar-refractivity contribution in [2.75, 3.05) is 23.7 Å².